The highest BCUT2D eigenvalue weighted by Gasteiger charge is 2.10. The number of carbonyl (C=O) groups excluding carboxylic acids is 2. The highest BCUT2D eigenvalue weighted by atomic mass is 16.2. The zero-order chi connectivity index (χ0) is 13.5. The molecule has 0 fully saturated rings. The van der Waals surface area contributed by atoms with Gasteiger partial charge in [0.15, 0.2) is 0 Å². The summed E-state index contributed by atoms with van der Waals surface area (Å²) in [6, 6.07) is 4.89. The van der Waals surface area contributed by atoms with Gasteiger partial charge in [-0.15, -0.1) is 0 Å². The third-order valence-corrected chi connectivity index (χ3v) is 2.33. The van der Waals surface area contributed by atoms with Crippen LogP contribution in [0.3, 0.4) is 0 Å². The van der Waals surface area contributed by atoms with Gasteiger partial charge in [0, 0.05) is 25.0 Å². The molecule has 0 saturated carbocycles. The molecule has 2 amide bonds. The molecule has 0 spiro atoms. The van der Waals surface area contributed by atoms with Crippen molar-refractivity contribution < 1.29 is 9.59 Å². The first kappa shape index (κ1) is 13.8. The average Bonchev–Trinajstić information content (AvgIpc) is 2.36. The fourth-order valence-corrected chi connectivity index (χ4v) is 1.48. The standard InChI is InChI=1S/C12H18N4O2/c1-3-15-11(17)7-16-10-6-8(13)4-5-9(10)12(18)14-2/h4-6,16H,3,7,13H2,1-2H3,(H,14,18)(H,15,17). The van der Waals surface area contributed by atoms with E-state index in [4.69, 9.17) is 5.73 Å². The number of hydrogen-bond acceptors (Lipinski definition) is 4. The van der Waals surface area contributed by atoms with E-state index in [-0.39, 0.29) is 18.4 Å². The number of likely N-dealkylation sites (N-methyl/N-ethyl adjacent to an activating group) is 1. The van der Waals surface area contributed by atoms with Crippen LogP contribution in [0.2, 0.25) is 0 Å². The van der Waals surface area contributed by atoms with Crippen molar-refractivity contribution in [2.75, 3.05) is 31.2 Å². The second kappa shape index (κ2) is 6.48. The Bertz CT molecular complexity index is 446. The van der Waals surface area contributed by atoms with Crippen molar-refractivity contribution >= 4 is 23.2 Å². The van der Waals surface area contributed by atoms with Crippen molar-refractivity contribution in [3.8, 4) is 0 Å². The molecule has 0 aliphatic carbocycles. The van der Waals surface area contributed by atoms with Gasteiger partial charge in [-0.2, -0.15) is 0 Å². The van der Waals surface area contributed by atoms with Crippen molar-refractivity contribution in [2.24, 2.45) is 0 Å². The summed E-state index contributed by atoms with van der Waals surface area (Å²) in [5, 5.41) is 8.09. The van der Waals surface area contributed by atoms with Crippen molar-refractivity contribution in [2.45, 2.75) is 6.92 Å². The Kier molecular flexibility index (Phi) is 4.98. The van der Waals surface area contributed by atoms with E-state index in [1.807, 2.05) is 6.92 Å². The lowest BCUT2D eigenvalue weighted by Crippen LogP contribution is -2.30. The number of amides is 2. The smallest absolute Gasteiger partial charge is 0.253 e. The van der Waals surface area contributed by atoms with E-state index in [9.17, 15) is 9.59 Å². The van der Waals surface area contributed by atoms with Gasteiger partial charge in [0.2, 0.25) is 5.91 Å². The number of hydrogen-bond donors (Lipinski definition) is 4. The Hall–Kier alpha value is -2.24. The van der Waals surface area contributed by atoms with Gasteiger partial charge in [0.1, 0.15) is 0 Å². The van der Waals surface area contributed by atoms with Crippen molar-refractivity contribution in [3.05, 3.63) is 23.8 Å². The summed E-state index contributed by atoms with van der Waals surface area (Å²) in [6.07, 6.45) is 0. The van der Waals surface area contributed by atoms with Crippen LogP contribution in [0, 0.1) is 0 Å². The van der Waals surface area contributed by atoms with Crippen LogP contribution in [0.4, 0.5) is 11.4 Å². The zero-order valence-electron chi connectivity index (χ0n) is 10.5. The van der Waals surface area contributed by atoms with Crippen molar-refractivity contribution in [3.63, 3.8) is 0 Å². The summed E-state index contributed by atoms with van der Waals surface area (Å²) < 4.78 is 0. The number of carbonyl (C=O) groups is 2. The van der Waals surface area contributed by atoms with Crippen LogP contribution in [0.1, 0.15) is 17.3 Å². The molecule has 1 rings (SSSR count). The SMILES string of the molecule is CCNC(=O)CNc1cc(N)ccc1C(=O)NC. The molecular weight excluding hydrogens is 232 g/mol. The molecule has 18 heavy (non-hydrogen) atoms. The molecule has 0 unspecified atom stereocenters. The summed E-state index contributed by atoms with van der Waals surface area (Å²) in [4.78, 5) is 23.0. The van der Waals surface area contributed by atoms with E-state index in [2.05, 4.69) is 16.0 Å². The van der Waals surface area contributed by atoms with E-state index >= 15 is 0 Å². The maximum Gasteiger partial charge on any atom is 0.253 e. The fraction of sp³-hybridized carbons (Fsp3) is 0.333. The van der Waals surface area contributed by atoms with E-state index < -0.39 is 0 Å². The maximum absolute atomic E-state index is 11.6. The van der Waals surface area contributed by atoms with Crippen LogP contribution in [-0.4, -0.2) is 32.0 Å². The normalized spacial score (nSPS) is 9.67. The van der Waals surface area contributed by atoms with Crippen LogP contribution in [0.25, 0.3) is 0 Å². The van der Waals surface area contributed by atoms with Crippen LogP contribution < -0.4 is 21.7 Å². The van der Waals surface area contributed by atoms with Gasteiger partial charge in [-0.1, -0.05) is 0 Å². The van der Waals surface area contributed by atoms with Gasteiger partial charge in [-0.05, 0) is 25.1 Å². The number of anilines is 2. The summed E-state index contributed by atoms with van der Waals surface area (Å²) in [5.41, 5.74) is 7.19. The zero-order valence-corrected chi connectivity index (χ0v) is 10.5. The molecule has 0 bridgehead atoms. The number of nitrogen functional groups attached to an aromatic ring is 1. The third kappa shape index (κ3) is 3.65. The van der Waals surface area contributed by atoms with Crippen LogP contribution in [-0.2, 0) is 4.79 Å². The first-order valence-corrected chi connectivity index (χ1v) is 5.70. The van der Waals surface area contributed by atoms with E-state index in [0.717, 1.165) is 0 Å². The highest BCUT2D eigenvalue weighted by molar-refractivity contribution is 6.00. The summed E-state index contributed by atoms with van der Waals surface area (Å²) in [7, 11) is 1.55. The highest BCUT2D eigenvalue weighted by Crippen LogP contribution is 2.18. The lowest BCUT2D eigenvalue weighted by molar-refractivity contribution is -0.119. The Morgan fingerprint density at radius 3 is 2.67 bits per heavy atom. The summed E-state index contributed by atoms with van der Waals surface area (Å²) in [6.45, 7) is 2.51. The van der Waals surface area contributed by atoms with E-state index in [1.165, 1.54) is 0 Å². The second-order valence-corrected chi connectivity index (χ2v) is 3.69. The van der Waals surface area contributed by atoms with Crippen molar-refractivity contribution in [1.29, 1.82) is 0 Å². The number of benzene rings is 1. The monoisotopic (exact) mass is 250 g/mol. The Labute approximate surface area is 106 Å². The van der Waals surface area contributed by atoms with Gasteiger partial charge < -0.3 is 21.7 Å². The minimum atomic E-state index is -0.228. The van der Waals surface area contributed by atoms with Gasteiger partial charge in [0.25, 0.3) is 5.91 Å². The lowest BCUT2D eigenvalue weighted by atomic mass is 10.1. The van der Waals surface area contributed by atoms with Crippen LogP contribution in [0.5, 0.6) is 0 Å². The average molecular weight is 250 g/mol. The van der Waals surface area contributed by atoms with Crippen LogP contribution >= 0.6 is 0 Å². The molecule has 98 valence electrons. The molecule has 0 radical (unpaired) electrons. The minimum absolute atomic E-state index is 0.0985. The largest absolute Gasteiger partial charge is 0.399 e. The molecule has 6 heteroatoms. The first-order chi connectivity index (χ1) is 8.58. The predicted molar refractivity (Wildman–Crippen MR) is 71.4 cm³/mol. The van der Waals surface area contributed by atoms with Crippen molar-refractivity contribution in [1.82, 2.24) is 10.6 Å². The molecule has 0 aliphatic rings. The van der Waals surface area contributed by atoms with Gasteiger partial charge in [0.05, 0.1) is 12.1 Å². The summed E-state index contributed by atoms with van der Waals surface area (Å²) >= 11 is 0. The topological polar surface area (TPSA) is 96.2 Å². The molecule has 5 N–H and O–H groups in total. The molecular formula is C12H18N4O2. The molecule has 0 aliphatic heterocycles. The van der Waals surface area contributed by atoms with Gasteiger partial charge in [-0.3, -0.25) is 9.59 Å². The Morgan fingerprint density at radius 2 is 2.06 bits per heavy atom. The fourth-order valence-electron chi connectivity index (χ4n) is 1.48. The van der Waals surface area contributed by atoms with Crippen LogP contribution in [0.15, 0.2) is 18.2 Å². The number of nitrogens with two attached hydrogens (primary N) is 1. The molecule has 0 heterocycles. The molecule has 6 nitrogen and oxygen atoms in total. The second-order valence-electron chi connectivity index (χ2n) is 3.69. The number of rotatable bonds is 5. The quantitative estimate of drug-likeness (QED) is 0.560. The molecule has 1 aromatic rings. The number of nitrogens with one attached hydrogen (secondary N) is 3. The first-order valence-electron chi connectivity index (χ1n) is 5.70. The minimum Gasteiger partial charge on any atom is -0.399 e. The van der Waals surface area contributed by atoms with E-state index in [0.29, 0.717) is 23.5 Å². The van der Waals surface area contributed by atoms with Gasteiger partial charge in [-0.25, -0.2) is 0 Å². The molecule has 1 aromatic carbocycles. The molecule has 0 aromatic heterocycles. The summed E-state index contributed by atoms with van der Waals surface area (Å²) in [5.74, 6) is -0.365. The molecule has 0 saturated heterocycles. The molecule has 0 atom stereocenters. The maximum atomic E-state index is 11.6. The predicted octanol–water partition coefficient (Wildman–Crippen LogP) is 0.176. The Morgan fingerprint density at radius 1 is 1.33 bits per heavy atom. The van der Waals surface area contributed by atoms with Gasteiger partial charge >= 0.3 is 0 Å². The van der Waals surface area contributed by atoms with E-state index in [1.54, 1.807) is 25.2 Å². The Balaban J connectivity index is 2.82. The lowest BCUT2D eigenvalue weighted by Gasteiger charge is -2.11. The third-order valence-electron chi connectivity index (χ3n) is 2.33.